The molecule has 1 unspecified atom stereocenters. The van der Waals surface area contributed by atoms with E-state index >= 15 is 0 Å². The molecule has 0 N–H and O–H groups in total. The summed E-state index contributed by atoms with van der Waals surface area (Å²) in [5.41, 5.74) is 0.0983. The zero-order valence-electron chi connectivity index (χ0n) is 19.9. The molecular formula is C19H39N3O3Si4. The van der Waals surface area contributed by atoms with Crippen LogP contribution < -0.4 is 0 Å². The summed E-state index contributed by atoms with van der Waals surface area (Å²) in [4.78, 5) is 2.05. The third-order valence-corrected chi connectivity index (χ3v) is 17.1. The van der Waals surface area contributed by atoms with E-state index in [0.29, 0.717) is 0 Å². The van der Waals surface area contributed by atoms with Crippen LogP contribution in [0.1, 0.15) is 6.42 Å². The Bertz CT molecular complexity index is 654. The molecule has 0 amide bonds. The van der Waals surface area contributed by atoms with E-state index in [-0.39, 0.29) is 5.57 Å². The maximum atomic E-state index is 8.77. The highest BCUT2D eigenvalue weighted by Crippen LogP contribution is 2.27. The Kier molecular flexibility index (Phi) is 11.0. The molecule has 10 heteroatoms. The predicted molar refractivity (Wildman–Crippen MR) is 130 cm³/mol. The second-order valence-corrected chi connectivity index (χ2v) is 26.3. The number of nitrogens with zero attached hydrogens (tertiary/aromatic N) is 3. The molecule has 0 aliphatic heterocycles. The van der Waals surface area contributed by atoms with E-state index in [4.69, 9.17) is 22.9 Å². The normalized spacial score (nSPS) is 14.8. The number of allylic oxidation sites excluding steroid dienone is 3. The molecule has 0 radical (unpaired) electrons. The largest absolute Gasteiger partial charge is 0.437 e. The van der Waals surface area contributed by atoms with Gasteiger partial charge in [-0.2, -0.15) is 10.5 Å². The molecule has 0 fully saturated rings. The SMILES string of the molecule is CN(/C=C/C=C(C#N)C#N)CCC[Si](C)(O[Si](C)(C)C)O[Si](C)(C)O[Si](C)(C)C. The minimum absolute atomic E-state index is 0.0983. The van der Waals surface area contributed by atoms with Gasteiger partial charge >= 0.3 is 17.1 Å². The van der Waals surface area contributed by atoms with Crippen LogP contribution in [0, 0.1) is 22.7 Å². The van der Waals surface area contributed by atoms with Gasteiger partial charge in [0.05, 0.1) is 0 Å². The van der Waals surface area contributed by atoms with Crippen LogP contribution in [0.2, 0.25) is 65.0 Å². The molecule has 1 atom stereocenters. The van der Waals surface area contributed by atoms with Crippen LogP contribution in [0.25, 0.3) is 0 Å². The molecule has 0 saturated carbocycles. The summed E-state index contributed by atoms with van der Waals surface area (Å²) in [5, 5.41) is 17.5. The number of hydrogen-bond acceptors (Lipinski definition) is 6. The van der Waals surface area contributed by atoms with E-state index in [1.165, 1.54) is 6.08 Å². The molecule has 0 aromatic carbocycles. The van der Waals surface area contributed by atoms with E-state index in [0.717, 1.165) is 19.0 Å². The van der Waals surface area contributed by atoms with Crippen LogP contribution in [0.4, 0.5) is 0 Å². The zero-order valence-corrected chi connectivity index (χ0v) is 23.9. The van der Waals surface area contributed by atoms with E-state index < -0.39 is 33.8 Å². The van der Waals surface area contributed by atoms with Crippen LogP contribution in [-0.2, 0) is 12.3 Å². The summed E-state index contributed by atoms with van der Waals surface area (Å²) in [6, 6.07) is 4.60. The molecule has 0 rings (SSSR count). The van der Waals surface area contributed by atoms with Gasteiger partial charge in [-0.1, -0.05) is 0 Å². The van der Waals surface area contributed by atoms with Crippen molar-refractivity contribution in [3.63, 3.8) is 0 Å². The Morgan fingerprint density at radius 1 is 0.862 bits per heavy atom. The van der Waals surface area contributed by atoms with Crippen molar-refractivity contribution in [2.45, 2.75) is 71.4 Å². The fourth-order valence-electron chi connectivity index (χ4n) is 3.16. The maximum Gasteiger partial charge on any atom is 0.315 e. The van der Waals surface area contributed by atoms with Crippen molar-refractivity contribution >= 4 is 33.8 Å². The van der Waals surface area contributed by atoms with Crippen LogP contribution in [0.15, 0.2) is 23.9 Å². The Hall–Kier alpha value is -0.992. The summed E-state index contributed by atoms with van der Waals surface area (Å²) in [7, 11) is -6.10. The molecule has 6 nitrogen and oxygen atoms in total. The lowest BCUT2D eigenvalue weighted by Crippen LogP contribution is -2.56. The molecule has 164 valence electrons. The maximum absolute atomic E-state index is 8.77. The van der Waals surface area contributed by atoms with Crippen LogP contribution >= 0.6 is 0 Å². The van der Waals surface area contributed by atoms with Crippen molar-refractivity contribution in [1.29, 1.82) is 10.5 Å². The van der Waals surface area contributed by atoms with Gasteiger partial charge in [-0.05, 0) is 89.7 Å². The van der Waals surface area contributed by atoms with Crippen molar-refractivity contribution < 1.29 is 12.3 Å². The molecule has 0 aromatic heterocycles. The lowest BCUT2D eigenvalue weighted by molar-refractivity contribution is 0.319. The quantitative estimate of drug-likeness (QED) is 0.219. The first-order valence-corrected chi connectivity index (χ1v) is 22.2. The topological polar surface area (TPSA) is 78.5 Å². The lowest BCUT2D eigenvalue weighted by atomic mass is 10.3. The second kappa shape index (κ2) is 11.4. The monoisotopic (exact) mass is 469 g/mol. The standard InChI is InChI=1S/C19H39N3O3Si4/c1-22(14-11-13-19(17-20)18-21)15-12-16-29(10,24-27(5,6)7)25-28(8,9)23-26(2,3)4/h11,13-14H,12,15-16H2,1-10H3/b14-11+. The van der Waals surface area contributed by atoms with Crippen molar-refractivity contribution in [1.82, 2.24) is 4.90 Å². The van der Waals surface area contributed by atoms with E-state index in [9.17, 15) is 0 Å². The second-order valence-electron chi connectivity index (χ2n) is 9.79. The van der Waals surface area contributed by atoms with Crippen molar-refractivity contribution in [3.05, 3.63) is 23.9 Å². The third kappa shape index (κ3) is 14.6. The summed E-state index contributed by atoms with van der Waals surface area (Å²) < 4.78 is 19.7. The van der Waals surface area contributed by atoms with Crippen LogP contribution in [0.3, 0.4) is 0 Å². The van der Waals surface area contributed by atoms with Crippen molar-refractivity contribution in [2.24, 2.45) is 0 Å². The number of rotatable bonds is 12. The molecule has 0 heterocycles. The van der Waals surface area contributed by atoms with Gasteiger partial charge in [0.2, 0.25) is 0 Å². The van der Waals surface area contributed by atoms with E-state index in [1.807, 2.05) is 30.3 Å². The van der Waals surface area contributed by atoms with Crippen molar-refractivity contribution in [3.8, 4) is 12.1 Å². The van der Waals surface area contributed by atoms with Gasteiger partial charge in [0.1, 0.15) is 17.7 Å². The van der Waals surface area contributed by atoms with Crippen LogP contribution in [0.5, 0.6) is 0 Å². The number of nitriles is 2. The molecule has 0 aliphatic rings. The van der Waals surface area contributed by atoms with Gasteiger partial charge in [-0.3, -0.25) is 0 Å². The Morgan fingerprint density at radius 2 is 1.38 bits per heavy atom. The minimum atomic E-state index is -2.38. The Balaban J connectivity index is 5.05. The van der Waals surface area contributed by atoms with Gasteiger partial charge in [0, 0.05) is 13.6 Å². The first kappa shape index (κ1) is 28.0. The predicted octanol–water partition coefficient (Wildman–Crippen LogP) is 5.29. The van der Waals surface area contributed by atoms with E-state index in [2.05, 4.69) is 58.9 Å². The molecule has 0 saturated heterocycles. The highest BCUT2D eigenvalue weighted by Gasteiger charge is 2.44. The Labute approximate surface area is 182 Å². The molecule has 0 aliphatic carbocycles. The molecule has 0 spiro atoms. The summed E-state index contributed by atoms with van der Waals surface area (Å²) >= 11 is 0. The first-order valence-electron chi connectivity index (χ1n) is 10.0. The summed E-state index contributed by atoms with van der Waals surface area (Å²) in [5.74, 6) is 0. The summed E-state index contributed by atoms with van der Waals surface area (Å²) in [6.45, 7) is 20.5. The van der Waals surface area contributed by atoms with Crippen molar-refractivity contribution in [2.75, 3.05) is 13.6 Å². The molecular weight excluding hydrogens is 431 g/mol. The molecule has 0 aromatic rings. The third-order valence-electron chi connectivity index (χ3n) is 3.52. The van der Waals surface area contributed by atoms with Gasteiger partial charge < -0.3 is 17.2 Å². The van der Waals surface area contributed by atoms with Crippen LogP contribution in [-0.4, -0.2) is 52.2 Å². The average Bonchev–Trinajstić information content (AvgIpc) is 2.46. The fourth-order valence-corrected chi connectivity index (χ4v) is 21.1. The molecule has 29 heavy (non-hydrogen) atoms. The Morgan fingerprint density at radius 3 is 1.83 bits per heavy atom. The highest BCUT2D eigenvalue weighted by atomic mass is 28.5. The van der Waals surface area contributed by atoms with Gasteiger partial charge in [-0.15, -0.1) is 0 Å². The van der Waals surface area contributed by atoms with E-state index in [1.54, 1.807) is 6.08 Å². The van der Waals surface area contributed by atoms with Gasteiger partial charge in [0.15, 0.2) is 16.6 Å². The summed E-state index contributed by atoms with van der Waals surface area (Å²) in [6.07, 6.45) is 6.07. The fraction of sp³-hybridized carbons (Fsp3) is 0.684. The van der Waals surface area contributed by atoms with Gasteiger partial charge in [-0.25, -0.2) is 0 Å². The molecule has 0 bridgehead atoms. The lowest BCUT2D eigenvalue weighted by Gasteiger charge is -2.41. The zero-order chi connectivity index (χ0) is 22.9. The smallest absolute Gasteiger partial charge is 0.315 e. The average molecular weight is 470 g/mol. The van der Waals surface area contributed by atoms with Gasteiger partial charge in [0.25, 0.3) is 0 Å². The number of hydrogen-bond donors (Lipinski definition) is 0. The first-order chi connectivity index (χ1) is 13.0. The minimum Gasteiger partial charge on any atom is -0.437 e. The highest BCUT2D eigenvalue weighted by molar-refractivity contribution is 6.89.